The molecule has 1 aliphatic heterocycles. The van der Waals surface area contributed by atoms with Gasteiger partial charge in [0.05, 0.1) is 17.4 Å². The summed E-state index contributed by atoms with van der Waals surface area (Å²) in [6, 6.07) is 13.6. The van der Waals surface area contributed by atoms with Crippen LogP contribution in [0.3, 0.4) is 0 Å². The van der Waals surface area contributed by atoms with Crippen LogP contribution in [0.5, 0.6) is 0 Å². The first-order valence-corrected chi connectivity index (χ1v) is 9.23. The molecule has 3 heterocycles. The summed E-state index contributed by atoms with van der Waals surface area (Å²) in [4.78, 5) is 17.7. The molecule has 4 rings (SSSR count). The van der Waals surface area contributed by atoms with E-state index in [1.165, 1.54) is 17.0 Å². The zero-order valence-electron chi connectivity index (χ0n) is 15.5. The molecule has 2 atom stereocenters. The number of likely N-dealkylation sites (tertiary alicyclic amines) is 1. The smallest absolute Gasteiger partial charge is 0.407 e. The van der Waals surface area contributed by atoms with E-state index in [0.29, 0.717) is 18.7 Å². The minimum atomic E-state index is -0.946. The van der Waals surface area contributed by atoms with Gasteiger partial charge in [0.25, 0.3) is 0 Å². The summed E-state index contributed by atoms with van der Waals surface area (Å²) in [7, 11) is 1.81. The first-order chi connectivity index (χ1) is 13.5. The maximum absolute atomic E-state index is 13.2. The predicted molar refractivity (Wildman–Crippen MR) is 102 cm³/mol. The van der Waals surface area contributed by atoms with Crippen LogP contribution in [0.1, 0.15) is 36.2 Å². The molecule has 0 saturated carbocycles. The monoisotopic (exact) mass is 380 g/mol. The van der Waals surface area contributed by atoms with Crippen molar-refractivity contribution in [2.45, 2.75) is 24.8 Å². The molecule has 2 unspecified atom stereocenters. The van der Waals surface area contributed by atoms with Gasteiger partial charge in [-0.15, -0.1) is 0 Å². The lowest BCUT2D eigenvalue weighted by molar-refractivity contribution is 0.0984. The van der Waals surface area contributed by atoms with Crippen LogP contribution >= 0.6 is 0 Å². The number of aryl methyl sites for hydroxylation is 1. The quantitative estimate of drug-likeness (QED) is 0.738. The molecule has 28 heavy (non-hydrogen) atoms. The minimum absolute atomic E-state index is 0.179. The second-order valence-corrected chi connectivity index (χ2v) is 7.05. The average Bonchev–Trinajstić information content (AvgIpc) is 3.10. The van der Waals surface area contributed by atoms with E-state index in [9.17, 15) is 14.3 Å². The molecule has 1 saturated heterocycles. The van der Waals surface area contributed by atoms with E-state index in [2.05, 4.69) is 10.1 Å². The Morgan fingerprint density at radius 3 is 2.64 bits per heavy atom. The van der Waals surface area contributed by atoms with Crippen LogP contribution in [-0.4, -0.2) is 37.4 Å². The van der Waals surface area contributed by atoms with Gasteiger partial charge < -0.3 is 5.11 Å². The lowest BCUT2D eigenvalue weighted by Crippen LogP contribution is -2.40. The van der Waals surface area contributed by atoms with Crippen molar-refractivity contribution in [3.8, 4) is 11.3 Å². The second kappa shape index (κ2) is 7.42. The summed E-state index contributed by atoms with van der Waals surface area (Å²) < 4.78 is 15.0. The fourth-order valence-corrected chi connectivity index (χ4v) is 3.90. The molecule has 144 valence electrons. The Hall–Kier alpha value is -3.22. The van der Waals surface area contributed by atoms with Gasteiger partial charge in [-0.3, -0.25) is 14.6 Å². The average molecular weight is 380 g/mol. The lowest BCUT2D eigenvalue weighted by Gasteiger charge is -2.36. The molecule has 1 N–H and O–H groups in total. The highest BCUT2D eigenvalue weighted by Gasteiger charge is 2.35. The van der Waals surface area contributed by atoms with E-state index in [1.54, 1.807) is 23.0 Å². The summed E-state index contributed by atoms with van der Waals surface area (Å²) in [5.41, 5.74) is 3.33. The molecular weight excluding hydrogens is 359 g/mol. The number of carbonyl (C=O) groups is 1. The van der Waals surface area contributed by atoms with Crippen molar-refractivity contribution in [2.24, 2.45) is 7.05 Å². The van der Waals surface area contributed by atoms with Gasteiger partial charge in [0.15, 0.2) is 0 Å². The highest BCUT2D eigenvalue weighted by atomic mass is 19.1. The Balaban J connectivity index is 1.67. The van der Waals surface area contributed by atoms with Crippen LogP contribution in [0.25, 0.3) is 11.3 Å². The van der Waals surface area contributed by atoms with Crippen molar-refractivity contribution in [3.05, 3.63) is 71.9 Å². The molecule has 3 aromatic rings. The molecule has 1 fully saturated rings. The third-order valence-electron chi connectivity index (χ3n) is 5.33. The minimum Gasteiger partial charge on any atom is -0.465 e. The van der Waals surface area contributed by atoms with Crippen LogP contribution in [0.2, 0.25) is 0 Å². The van der Waals surface area contributed by atoms with Crippen molar-refractivity contribution in [3.63, 3.8) is 0 Å². The van der Waals surface area contributed by atoms with Crippen molar-refractivity contribution in [1.82, 2.24) is 19.7 Å². The number of amides is 1. The number of halogens is 1. The molecule has 7 heteroatoms. The normalized spacial score (nSPS) is 19.6. The summed E-state index contributed by atoms with van der Waals surface area (Å²) in [5, 5.41) is 14.3. The van der Waals surface area contributed by atoms with Gasteiger partial charge in [-0.25, -0.2) is 9.18 Å². The maximum atomic E-state index is 13.2. The Labute approximate surface area is 162 Å². The van der Waals surface area contributed by atoms with Gasteiger partial charge in [0.1, 0.15) is 5.82 Å². The fourth-order valence-electron chi connectivity index (χ4n) is 3.90. The van der Waals surface area contributed by atoms with Crippen LogP contribution in [0.15, 0.2) is 54.7 Å². The Morgan fingerprint density at radius 1 is 1.18 bits per heavy atom. The van der Waals surface area contributed by atoms with E-state index in [4.69, 9.17) is 0 Å². The zero-order chi connectivity index (χ0) is 19.7. The van der Waals surface area contributed by atoms with E-state index < -0.39 is 6.09 Å². The first-order valence-electron chi connectivity index (χ1n) is 9.23. The second-order valence-electron chi connectivity index (χ2n) is 7.05. The van der Waals surface area contributed by atoms with Gasteiger partial charge in [0.2, 0.25) is 0 Å². The van der Waals surface area contributed by atoms with Crippen LogP contribution < -0.4 is 0 Å². The summed E-state index contributed by atoms with van der Waals surface area (Å²) in [5.74, 6) is -0.119. The molecule has 1 aliphatic rings. The zero-order valence-corrected chi connectivity index (χ0v) is 15.5. The number of carboxylic acid groups (broad SMARTS) is 1. The third-order valence-corrected chi connectivity index (χ3v) is 5.33. The summed E-state index contributed by atoms with van der Waals surface area (Å²) >= 11 is 0. The number of piperidine rings is 1. The Bertz CT molecular complexity index is 972. The molecular formula is C21H21FN4O2. The van der Waals surface area contributed by atoms with Crippen molar-refractivity contribution in [2.75, 3.05) is 6.54 Å². The van der Waals surface area contributed by atoms with Crippen LogP contribution in [-0.2, 0) is 7.05 Å². The molecule has 0 aliphatic carbocycles. The van der Waals surface area contributed by atoms with E-state index in [1.807, 2.05) is 31.3 Å². The van der Waals surface area contributed by atoms with Crippen molar-refractivity contribution < 1.29 is 14.3 Å². The summed E-state index contributed by atoms with van der Waals surface area (Å²) in [6.45, 7) is 0.434. The number of aromatic nitrogens is 3. The third kappa shape index (κ3) is 3.47. The molecule has 0 spiro atoms. The van der Waals surface area contributed by atoms with Gasteiger partial charge >= 0.3 is 6.09 Å². The van der Waals surface area contributed by atoms with E-state index in [-0.39, 0.29) is 17.8 Å². The number of nitrogens with zero attached hydrogens (tertiary/aromatic N) is 4. The first kappa shape index (κ1) is 18.2. The highest BCUT2D eigenvalue weighted by Crippen LogP contribution is 2.39. The molecule has 2 aromatic heterocycles. The number of hydrogen-bond acceptors (Lipinski definition) is 3. The number of rotatable bonds is 3. The number of benzene rings is 1. The van der Waals surface area contributed by atoms with Gasteiger partial charge in [-0.2, -0.15) is 5.10 Å². The van der Waals surface area contributed by atoms with E-state index >= 15 is 0 Å². The van der Waals surface area contributed by atoms with Crippen molar-refractivity contribution >= 4 is 6.09 Å². The summed E-state index contributed by atoms with van der Waals surface area (Å²) in [6.07, 6.45) is 2.18. The largest absolute Gasteiger partial charge is 0.465 e. The predicted octanol–water partition coefficient (Wildman–Crippen LogP) is 4.22. The van der Waals surface area contributed by atoms with Gasteiger partial charge in [-0.1, -0.05) is 6.07 Å². The standard InChI is InChI=1S/C21H21FN4O2/c1-25-19(14-5-7-16(22)8-6-14)13-18(24-25)20-12-15(9-11-26(20)21(27)28)17-4-2-3-10-23-17/h2-8,10,13,15,20H,9,11-12H2,1H3,(H,27,28). The van der Waals surface area contributed by atoms with Gasteiger partial charge in [-0.05, 0) is 60.9 Å². The topological polar surface area (TPSA) is 71.2 Å². The number of hydrogen-bond donors (Lipinski definition) is 1. The molecule has 1 amide bonds. The molecule has 0 bridgehead atoms. The Kier molecular flexibility index (Phi) is 4.81. The Morgan fingerprint density at radius 2 is 1.96 bits per heavy atom. The maximum Gasteiger partial charge on any atom is 0.407 e. The highest BCUT2D eigenvalue weighted by molar-refractivity contribution is 5.66. The molecule has 1 aromatic carbocycles. The SMILES string of the molecule is Cn1nc(C2CC(c3ccccn3)CCN2C(=O)O)cc1-c1ccc(F)cc1. The lowest BCUT2D eigenvalue weighted by atomic mass is 9.86. The number of pyridine rings is 1. The van der Waals surface area contributed by atoms with Crippen molar-refractivity contribution in [1.29, 1.82) is 0 Å². The molecule has 6 nitrogen and oxygen atoms in total. The van der Waals surface area contributed by atoms with Crippen LogP contribution in [0.4, 0.5) is 9.18 Å². The van der Waals surface area contributed by atoms with Crippen LogP contribution in [0, 0.1) is 5.82 Å². The van der Waals surface area contributed by atoms with E-state index in [0.717, 1.165) is 23.4 Å². The molecule has 0 radical (unpaired) electrons. The fraction of sp³-hybridized carbons (Fsp3) is 0.286. The van der Waals surface area contributed by atoms with Gasteiger partial charge in [0, 0.05) is 31.4 Å².